The predicted octanol–water partition coefficient (Wildman–Crippen LogP) is 3.13. The van der Waals surface area contributed by atoms with Crippen molar-refractivity contribution >= 4 is 11.7 Å². The van der Waals surface area contributed by atoms with Gasteiger partial charge in [-0.25, -0.2) is 0 Å². The summed E-state index contributed by atoms with van der Waals surface area (Å²) < 4.78 is 22.3. The van der Waals surface area contributed by atoms with Gasteiger partial charge in [0.25, 0.3) is 0 Å². The Morgan fingerprint density at radius 1 is 0.974 bits per heavy atom. The third-order valence-electron chi connectivity index (χ3n) is 6.47. The zero-order valence-electron chi connectivity index (χ0n) is 22.0. The molecule has 5 rings (SSSR count). The molecule has 0 aromatic heterocycles. The summed E-state index contributed by atoms with van der Waals surface area (Å²) in [5.41, 5.74) is 6.94. The maximum Gasteiger partial charge on any atom is 0.231 e. The van der Waals surface area contributed by atoms with Crippen LogP contribution < -0.4 is 25.1 Å². The number of carboxylic acid groups (broad SMARTS) is 1. The molecule has 8 nitrogen and oxygen atoms in total. The van der Waals surface area contributed by atoms with Crippen molar-refractivity contribution in [3.63, 3.8) is 0 Å². The average molecular weight is 520 g/mol. The minimum Gasteiger partial charge on any atom is -0.545 e. The quantitative estimate of drug-likeness (QED) is 0.513. The number of aliphatic carboxylic acids is 1. The molecule has 200 valence electrons. The zero-order chi connectivity index (χ0) is 27.4. The minimum atomic E-state index is -1.34. The number of carbonyl (C=O) groups is 1. The second-order valence-corrected chi connectivity index (χ2v) is 9.59. The topological polar surface area (TPSA) is 125 Å². The molecule has 2 heterocycles. The molecule has 0 saturated heterocycles. The highest BCUT2D eigenvalue weighted by Gasteiger charge is 2.33. The molecule has 0 radical (unpaired) electrons. The maximum atomic E-state index is 12.0. The number of quaternary nitrogens is 1. The molecule has 0 amide bonds. The number of methoxy groups -OCH3 is 1. The highest BCUT2D eigenvalue weighted by Crippen LogP contribution is 2.45. The lowest BCUT2D eigenvalue weighted by molar-refractivity contribution is -0.433. The third-order valence-corrected chi connectivity index (χ3v) is 6.47. The van der Waals surface area contributed by atoms with E-state index in [-0.39, 0.29) is 30.1 Å². The summed E-state index contributed by atoms with van der Waals surface area (Å²) in [6.45, 7) is 6.17. The van der Waals surface area contributed by atoms with Gasteiger partial charge in [0.05, 0.1) is 24.2 Å². The van der Waals surface area contributed by atoms with E-state index in [1.165, 1.54) is 7.11 Å². The van der Waals surface area contributed by atoms with E-state index in [1.807, 2.05) is 55.5 Å². The SMILES string of the molecule is COC1=C(C(=O)[O-])[C@@H](c2ccc3c(c2)OCO3)Oc2ccc(C(C)C)cc21.C[C@@H]([NH3+])[C@@H](O)c1ccccc1. The van der Waals surface area contributed by atoms with Crippen LogP contribution in [0.5, 0.6) is 17.2 Å². The summed E-state index contributed by atoms with van der Waals surface area (Å²) in [5, 5.41) is 21.5. The number of carboxylic acids is 1. The standard InChI is InChI=1S/C21H20O6.C9H13NO/c1-11(2)12-4-6-15-14(8-12)20(24-3)18(21(22)23)19(27-15)13-5-7-16-17(9-13)26-10-25-16;1-7(10)9(11)8-5-3-2-4-6-8/h4-9,11,19H,10H2,1-3H3,(H,22,23);2-7,9,11H,10H2,1H3/t19-;7-,9-/m11/s1. The number of benzene rings is 3. The van der Waals surface area contributed by atoms with Crippen molar-refractivity contribution in [3.8, 4) is 17.2 Å². The second-order valence-electron chi connectivity index (χ2n) is 9.59. The van der Waals surface area contributed by atoms with Crippen molar-refractivity contribution in [1.29, 1.82) is 0 Å². The van der Waals surface area contributed by atoms with Crippen molar-refractivity contribution < 1.29 is 39.7 Å². The summed E-state index contributed by atoms with van der Waals surface area (Å²) in [6.07, 6.45) is -1.31. The molecule has 38 heavy (non-hydrogen) atoms. The van der Waals surface area contributed by atoms with E-state index in [1.54, 1.807) is 18.2 Å². The van der Waals surface area contributed by atoms with E-state index < -0.39 is 18.2 Å². The number of carbonyl (C=O) groups excluding carboxylic acids is 1. The van der Waals surface area contributed by atoms with Crippen LogP contribution in [0, 0.1) is 0 Å². The molecule has 0 fully saturated rings. The molecule has 0 spiro atoms. The number of ether oxygens (including phenoxy) is 4. The Kier molecular flexibility index (Phi) is 8.24. The van der Waals surface area contributed by atoms with E-state index in [4.69, 9.17) is 18.9 Å². The molecular formula is C30H33NO7. The van der Waals surface area contributed by atoms with Crippen LogP contribution in [-0.4, -0.2) is 31.0 Å². The first-order chi connectivity index (χ1) is 18.2. The van der Waals surface area contributed by atoms with Crippen molar-refractivity contribution in [2.45, 2.75) is 44.9 Å². The van der Waals surface area contributed by atoms with Gasteiger partial charge in [0.15, 0.2) is 17.6 Å². The van der Waals surface area contributed by atoms with Gasteiger partial charge in [0.2, 0.25) is 6.79 Å². The largest absolute Gasteiger partial charge is 0.545 e. The number of aliphatic hydroxyl groups is 1. The Hall–Kier alpha value is -4.01. The molecule has 8 heteroatoms. The van der Waals surface area contributed by atoms with E-state index in [0.29, 0.717) is 28.4 Å². The number of aliphatic hydroxyl groups excluding tert-OH is 1. The average Bonchev–Trinajstić information content (AvgIpc) is 3.40. The van der Waals surface area contributed by atoms with Crippen LogP contribution in [0.1, 0.15) is 61.2 Å². The molecule has 4 N–H and O–H groups in total. The highest BCUT2D eigenvalue weighted by atomic mass is 16.7. The first kappa shape index (κ1) is 27.0. The summed E-state index contributed by atoms with van der Waals surface area (Å²) in [7, 11) is 1.45. The van der Waals surface area contributed by atoms with Crippen LogP contribution in [0.3, 0.4) is 0 Å². The highest BCUT2D eigenvalue weighted by molar-refractivity contribution is 5.96. The Balaban J connectivity index is 0.000000257. The number of fused-ring (bicyclic) bond motifs is 2. The number of hydrogen-bond acceptors (Lipinski definition) is 7. The summed E-state index contributed by atoms with van der Waals surface area (Å²) in [5.74, 6) is 0.919. The summed E-state index contributed by atoms with van der Waals surface area (Å²) in [4.78, 5) is 12.0. The Morgan fingerprint density at radius 3 is 2.29 bits per heavy atom. The Morgan fingerprint density at radius 2 is 1.66 bits per heavy atom. The van der Waals surface area contributed by atoms with Gasteiger partial charge in [-0.1, -0.05) is 56.3 Å². The summed E-state index contributed by atoms with van der Waals surface area (Å²) >= 11 is 0. The molecule has 0 saturated carbocycles. The third kappa shape index (κ3) is 5.61. The lowest BCUT2D eigenvalue weighted by Gasteiger charge is -2.31. The van der Waals surface area contributed by atoms with Gasteiger partial charge in [0.1, 0.15) is 23.7 Å². The van der Waals surface area contributed by atoms with E-state index >= 15 is 0 Å². The van der Waals surface area contributed by atoms with Gasteiger partial charge in [-0.3, -0.25) is 0 Å². The molecule has 3 aromatic carbocycles. The molecule has 2 aliphatic heterocycles. The first-order valence-electron chi connectivity index (χ1n) is 12.5. The molecule has 3 aromatic rings. The van der Waals surface area contributed by atoms with Gasteiger partial charge in [-0.05, 0) is 48.2 Å². The predicted molar refractivity (Wildman–Crippen MR) is 139 cm³/mol. The van der Waals surface area contributed by atoms with Crippen LogP contribution in [0.2, 0.25) is 0 Å². The maximum absolute atomic E-state index is 12.0. The zero-order valence-corrected chi connectivity index (χ0v) is 22.0. The van der Waals surface area contributed by atoms with Crippen LogP contribution in [0.4, 0.5) is 0 Å². The second kappa shape index (κ2) is 11.6. The first-order valence-corrected chi connectivity index (χ1v) is 12.5. The van der Waals surface area contributed by atoms with Crippen molar-refractivity contribution in [2.75, 3.05) is 13.9 Å². The molecule has 0 unspecified atom stereocenters. The lowest BCUT2D eigenvalue weighted by atomic mass is 9.92. The molecule has 3 atom stereocenters. The Labute approximate surface area is 222 Å². The van der Waals surface area contributed by atoms with E-state index in [0.717, 1.165) is 11.1 Å². The molecular weight excluding hydrogens is 486 g/mol. The molecule has 2 aliphatic rings. The Bertz CT molecular complexity index is 1320. The van der Waals surface area contributed by atoms with Gasteiger partial charge >= 0.3 is 0 Å². The fourth-order valence-corrected chi connectivity index (χ4v) is 4.35. The summed E-state index contributed by atoms with van der Waals surface area (Å²) in [6, 6.07) is 20.5. The normalized spacial score (nSPS) is 17.1. The van der Waals surface area contributed by atoms with Gasteiger partial charge in [-0.15, -0.1) is 0 Å². The van der Waals surface area contributed by atoms with Crippen LogP contribution >= 0.6 is 0 Å². The number of rotatable bonds is 6. The van der Waals surface area contributed by atoms with Gasteiger partial charge < -0.3 is 39.7 Å². The fraction of sp³-hybridized carbons (Fsp3) is 0.300. The fourth-order valence-electron chi connectivity index (χ4n) is 4.35. The van der Waals surface area contributed by atoms with E-state index in [9.17, 15) is 15.0 Å². The van der Waals surface area contributed by atoms with Crippen molar-refractivity contribution in [1.82, 2.24) is 0 Å². The van der Waals surface area contributed by atoms with Gasteiger partial charge in [0, 0.05) is 5.56 Å². The van der Waals surface area contributed by atoms with Crippen molar-refractivity contribution in [2.24, 2.45) is 0 Å². The minimum absolute atomic E-state index is 0.0393. The van der Waals surface area contributed by atoms with Crippen molar-refractivity contribution in [3.05, 3.63) is 94.6 Å². The van der Waals surface area contributed by atoms with Gasteiger partial charge in [-0.2, -0.15) is 0 Å². The number of hydrogen-bond donors (Lipinski definition) is 2. The lowest BCUT2D eigenvalue weighted by Crippen LogP contribution is -2.61. The smallest absolute Gasteiger partial charge is 0.231 e. The molecule has 0 bridgehead atoms. The van der Waals surface area contributed by atoms with Crippen LogP contribution in [-0.2, 0) is 9.53 Å². The van der Waals surface area contributed by atoms with E-state index in [2.05, 4.69) is 19.6 Å². The van der Waals surface area contributed by atoms with Crippen LogP contribution in [0.15, 0.2) is 72.3 Å². The van der Waals surface area contributed by atoms with Crippen LogP contribution in [0.25, 0.3) is 5.76 Å². The monoisotopic (exact) mass is 519 g/mol. The molecule has 0 aliphatic carbocycles.